The third-order valence-electron chi connectivity index (χ3n) is 3.16. The Morgan fingerprint density at radius 3 is 2.67 bits per heavy atom. The summed E-state index contributed by atoms with van der Waals surface area (Å²) < 4.78 is 4.62. The van der Waals surface area contributed by atoms with Crippen LogP contribution in [0.5, 0.6) is 0 Å². The Morgan fingerprint density at radius 1 is 1.44 bits per heavy atom. The van der Waals surface area contributed by atoms with Crippen LogP contribution >= 0.6 is 0 Å². The molecule has 6 heteroatoms. The minimum Gasteiger partial charge on any atom is -0.467 e. The highest BCUT2D eigenvalue weighted by molar-refractivity contribution is 5.83. The fourth-order valence-corrected chi connectivity index (χ4v) is 2.25. The van der Waals surface area contributed by atoms with Crippen molar-refractivity contribution in [3.63, 3.8) is 0 Å². The van der Waals surface area contributed by atoms with Crippen molar-refractivity contribution in [3.05, 3.63) is 0 Å². The molecule has 0 aromatic rings. The lowest BCUT2D eigenvalue weighted by Crippen LogP contribution is -2.47. The Hall–Kier alpha value is -1.14. The van der Waals surface area contributed by atoms with Crippen molar-refractivity contribution in [2.24, 2.45) is 5.92 Å². The highest BCUT2D eigenvalue weighted by atomic mass is 16.5. The molecule has 3 atom stereocenters. The SMILES string of the molecule is COC(=O)C(CNCC1CCC(O)C1)NC(C)=O. The third kappa shape index (κ3) is 5.01. The van der Waals surface area contributed by atoms with Crippen LogP contribution < -0.4 is 10.6 Å². The molecule has 1 amide bonds. The summed E-state index contributed by atoms with van der Waals surface area (Å²) in [5.41, 5.74) is 0. The van der Waals surface area contributed by atoms with E-state index in [0.717, 1.165) is 25.8 Å². The molecule has 18 heavy (non-hydrogen) atoms. The van der Waals surface area contributed by atoms with Gasteiger partial charge in [0.15, 0.2) is 0 Å². The van der Waals surface area contributed by atoms with Crippen LogP contribution in [0.3, 0.4) is 0 Å². The second-order valence-electron chi connectivity index (χ2n) is 4.77. The van der Waals surface area contributed by atoms with Gasteiger partial charge in [0.1, 0.15) is 6.04 Å². The van der Waals surface area contributed by atoms with Gasteiger partial charge in [0.25, 0.3) is 0 Å². The van der Waals surface area contributed by atoms with Crippen LogP contribution in [0.15, 0.2) is 0 Å². The van der Waals surface area contributed by atoms with Gasteiger partial charge in [-0.05, 0) is 31.7 Å². The standard InChI is InChI=1S/C12H22N2O4/c1-8(15)14-11(12(17)18-2)7-13-6-9-3-4-10(16)5-9/h9-11,13,16H,3-7H2,1-2H3,(H,14,15). The predicted octanol–water partition coefficient (Wildman–Crippen LogP) is -0.585. The van der Waals surface area contributed by atoms with E-state index in [1.165, 1.54) is 14.0 Å². The number of aliphatic hydroxyl groups is 1. The zero-order valence-electron chi connectivity index (χ0n) is 10.9. The molecule has 104 valence electrons. The molecule has 0 aliphatic heterocycles. The largest absolute Gasteiger partial charge is 0.467 e. The van der Waals surface area contributed by atoms with Crippen molar-refractivity contribution in [2.45, 2.75) is 38.3 Å². The number of aliphatic hydroxyl groups excluding tert-OH is 1. The topological polar surface area (TPSA) is 87.7 Å². The normalized spacial score (nSPS) is 24.6. The number of carbonyl (C=O) groups is 2. The van der Waals surface area contributed by atoms with E-state index in [0.29, 0.717) is 12.5 Å². The number of amides is 1. The first-order chi connectivity index (χ1) is 8.52. The number of esters is 1. The number of carbonyl (C=O) groups excluding carboxylic acids is 2. The lowest BCUT2D eigenvalue weighted by atomic mass is 10.1. The minimum absolute atomic E-state index is 0.191. The quantitative estimate of drug-likeness (QED) is 0.555. The average Bonchev–Trinajstić information content (AvgIpc) is 2.72. The van der Waals surface area contributed by atoms with Crippen molar-refractivity contribution in [1.29, 1.82) is 0 Å². The Morgan fingerprint density at radius 2 is 2.17 bits per heavy atom. The van der Waals surface area contributed by atoms with E-state index in [1.807, 2.05) is 0 Å². The van der Waals surface area contributed by atoms with Gasteiger partial charge >= 0.3 is 5.97 Å². The first kappa shape index (κ1) is 14.9. The zero-order valence-corrected chi connectivity index (χ0v) is 10.9. The molecule has 3 unspecified atom stereocenters. The van der Waals surface area contributed by atoms with E-state index in [-0.39, 0.29) is 12.0 Å². The van der Waals surface area contributed by atoms with E-state index in [4.69, 9.17) is 0 Å². The number of hydrogen-bond donors (Lipinski definition) is 3. The summed E-state index contributed by atoms with van der Waals surface area (Å²) in [4.78, 5) is 22.4. The maximum absolute atomic E-state index is 11.4. The van der Waals surface area contributed by atoms with Crippen LogP contribution in [-0.2, 0) is 14.3 Å². The number of rotatable bonds is 6. The van der Waals surface area contributed by atoms with Crippen molar-refractivity contribution >= 4 is 11.9 Å². The van der Waals surface area contributed by atoms with E-state index >= 15 is 0 Å². The van der Waals surface area contributed by atoms with Crippen molar-refractivity contribution in [1.82, 2.24) is 10.6 Å². The molecule has 1 saturated carbocycles. The smallest absolute Gasteiger partial charge is 0.329 e. The predicted molar refractivity (Wildman–Crippen MR) is 65.8 cm³/mol. The first-order valence-corrected chi connectivity index (χ1v) is 6.26. The van der Waals surface area contributed by atoms with Gasteiger partial charge in [-0.2, -0.15) is 0 Å². The van der Waals surface area contributed by atoms with Crippen molar-refractivity contribution in [3.8, 4) is 0 Å². The summed E-state index contributed by atoms with van der Waals surface area (Å²) in [6.45, 7) is 2.45. The van der Waals surface area contributed by atoms with Gasteiger partial charge < -0.3 is 20.5 Å². The molecule has 0 bridgehead atoms. The number of hydrogen-bond acceptors (Lipinski definition) is 5. The molecule has 0 heterocycles. The maximum Gasteiger partial charge on any atom is 0.329 e. The molecule has 0 aromatic heterocycles. The fourth-order valence-electron chi connectivity index (χ4n) is 2.25. The maximum atomic E-state index is 11.4. The fraction of sp³-hybridized carbons (Fsp3) is 0.833. The van der Waals surface area contributed by atoms with E-state index in [9.17, 15) is 14.7 Å². The monoisotopic (exact) mass is 258 g/mol. The van der Waals surface area contributed by atoms with Gasteiger partial charge in [0.2, 0.25) is 5.91 Å². The highest BCUT2D eigenvalue weighted by Crippen LogP contribution is 2.24. The Balaban J connectivity index is 2.28. The van der Waals surface area contributed by atoms with Crippen LogP contribution in [0.2, 0.25) is 0 Å². The van der Waals surface area contributed by atoms with Gasteiger partial charge in [-0.3, -0.25) is 4.79 Å². The molecule has 0 radical (unpaired) electrons. The van der Waals surface area contributed by atoms with Gasteiger partial charge in [0.05, 0.1) is 13.2 Å². The third-order valence-corrected chi connectivity index (χ3v) is 3.16. The number of ether oxygens (including phenoxy) is 1. The van der Waals surface area contributed by atoms with Gasteiger partial charge in [-0.25, -0.2) is 4.79 Å². The molecular formula is C12H22N2O4. The highest BCUT2D eigenvalue weighted by Gasteiger charge is 2.24. The van der Waals surface area contributed by atoms with Gasteiger partial charge in [-0.15, -0.1) is 0 Å². The Bertz CT molecular complexity index is 296. The van der Waals surface area contributed by atoms with Crippen LogP contribution in [0.25, 0.3) is 0 Å². The van der Waals surface area contributed by atoms with E-state index in [2.05, 4.69) is 15.4 Å². The summed E-state index contributed by atoms with van der Waals surface area (Å²) >= 11 is 0. The van der Waals surface area contributed by atoms with E-state index < -0.39 is 12.0 Å². The Kier molecular flexibility index (Phi) is 6.07. The molecule has 3 N–H and O–H groups in total. The molecule has 0 saturated heterocycles. The molecule has 0 spiro atoms. The van der Waals surface area contributed by atoms with E-state index in [1.54, 1.807) is 0 Å². The molecule has 6 nitrogen and oxygen atoms in total. The lowest BCUT2D eigenvalue weighted by Gasteiger charge is -2.17. The average molecular weight is 258 g/mol. The lowest BCUT2D eigenvalue weighted by molar-refractivity contribution is -0.144. The molecule has 1 aliphatic rings. The van der Waals surface area contributed by atoms with Crippen LogP contribution in [0.4, 0.5) is 0 Å². The summed E-state index contributed by atoms with van der Waals surface area (Å²) in [6.07, 6.45) is 2.45. The van der Waals surface area contributed by atoms with Crippen LogP contribution in [0, 0.1) is 5.92 Å². The summed E-state index contributed by atoms with van der Waals surface area (Å²) in [5.74, 6) is -0.275. The first-order valence-electron chi connectivity index (χ1n) is 6.26. The summed E-state index contributed by atoms with van der Waals surface area (Å²) in [5, 5.41) is 15.1. The van der Waals surface area contributed by atoms with Crippen molar-refractivity contribution < 1.29 is 19.4 Å². The van der Waals surface area contributed by atoms with Crippen molar-refractivity contribution in [2.75, 3.05) is 20.2 Å². The van der Waals surface area contributed by atoms with Crippen LogP contribution in [-0.4, -0.2) is 49.3 Å². The number of nitrogens with one attached hydrogen (secondary N) is 2. The summed E-state index contributed by atoms with van der Waals surface area (Å²) in [7, 11) is 1.30. The summed E-state index contributed by atoms with van der Waals surface area (Å²) in [6, 6.07) is -0.654. The number of methoxy groups -OCH3 is 1. The van der Waals surface area contributed by atoms with Gasteiger partial charge in [-0.1, -0.05) is 0 Å². The van der Waals surface area contributed by atoms with Gasteiger partial charge in [0, 0.05) is 13.5 Å². The zero-order chi connectivity index (χ0) is 13.5. The molecule has 1 rings (SSSR count). The van der Waals surface area contributed by atoms with Crippen LogP contribution in [0.1, 0.15) is 26.2 Å². The molecule has 0 aromatic carbocycles. The second kappa shape index (κ2) is 7.33. The molecule has 1 aliphatic carbocycles. The molecular weight excluding hydrogens is 236 g/mol. The second-order valence-corrected chi connectivity index (χ2v) is 4.77. The molecule has 1 fully saturated rings. The Labute approximate surface area is 107 Å². The minimum atomic E-state index is -0.654.